The molecule has 104 valence electrons. The van der Waals surface area contributed by atoms with Crippen molar-refractivity contribution in [2.45, 2.75) is 51.6 Å². The van der Waals surface area contributed by atoms with E-state index in [4.69, 9.17) is 5.11 Å². The molecule has 1 N–H and O–H groups in total. The third-order valence-electron chi connectivity index (χ3n) is 3.81. The van der Waals surface area contributed by atoms with E-state index in [1.807, 2.05) is 6.07 Å². The summed E-state index contributed by atoms with van der Waals surface area (Å²) in [5, 5.41) is 8.86. The van der Waals surface area contributed by atoms with Crippen molar-refractivity contribution in [3.05, 3.63) is 29.6 Å². The molecule has 1 aliphatic heterocycles. The number of aromatic nitrogens is 1. The van der Waals surface area contributed by atoms with Gasteiger partial charge in [0.2, 0.25) is 0 Å². The minimum Gasteiger partial charge on any atom is -0.478 e. The molecule has 0 spiro atoms. The summed E-state index contributed by atoms with van der Waals surface area (Å²) in [6.45, 7) is 4.20. The summed E-state index contributed by atoms with van der Waals surface area (Å²) < 4.78 is 0. The lowest BCUT2D eigenvalue weighted by atomic mass is 9.98. The molecule has 4 nitrogen and oxygen atoms in total. The lowest BCUT2D eigenvalue weighted by molar-refractivity contribution is 0.0696. The molecule has 0 radical (unpaired) electrons. The SMILES string of the molecule is CCCC1CCCCN1Cc1ccc(C(=O)O)cn1. The molecule has 1 aliphatic rings. The molecule has 0 aliphatic carbocycles. The molecule has 0 amide bonds. The van der Waals surface area contributed by atoms with E-state index in [1.54, 1.807) is 6.07 Å². The van der Waals surface area contributed by atoms with Gasteiger partial charge in [0.25, 0.3) is 0 Å². The highest BCUT2D eigenvalue weighted by atomic mass is 16.4. The van der Waals surface area contributed by atoms with Crippen LogP contribution in [0.5, 0.6) is 0 Å². The van der Waals surface area contributed by atoms with E-state index in [-0.39, 0.29) is 5.56 Å². The largest absolute Gasteiger partial charge is 0.478 e. The second kappa shape index (κ2) is 6.66. The molecule has 2 rings (SSSR count). The first kappa shape index (κ1) is 14.0. The number of aromatic carboxylic acids is 1. The molecule has 1 aromatic rings. The van der Waals surface area contributed by atoms with Crippen LogP contribution >= 0.6 is 0 Å². The number of hydrogen-bond donors (Lipinski definition) is 1. The smallest absolute Gasteiger partial charge is 0.337 e. The van der Waals surface area contributed by atoms with Gasteiger partial charge in [-0.3, -0.25) is 9.88 Å². The molecule has 1 aromatic heterocycles. The summed E-state index contributed by atoms with van der Waals surface area (Å²) in [5.74, 6) is -0.916. The minimum atomic E-state index is -0.916. The lowest BCUT2D eigenvalue weighted by Crippen LogP contribution is -2.39. The number of piperidine rings is 1. The van der Waals surface area contributed by atoms with Crippen molar-refractivity contribution < 1.29 is 9.90 Å². The van der Waals surface area contributed by atoms with E-state index in [0.717, 1.165) is 18.8 Å². The van der Waals surface area contributed by atoms with E-state index < -0.39 is 5.97 Å². The van der Waals surface area contributed by atoms with Crippen LogP contribution in [0.25, 0.3) is 0 Å². The van der Waals surface area contributed by atoms with Crippen LogP contribution < -0.4 is 0 Å². The van der Waals surface area contributed by atoms with Gasteiger partial charge in [0, 0.05) is 18.8 Å². The Balaban J connectivity index is 2.00. The first-order chi connectivity index (χ1) is 9.20. The van der Waals surface area contributed by atoms with Crippen LogP contribution in [0.4, 0.5) is 0 Å². The number of carboxylic acid groups (broad SMARTS) is 1. The normalized spacial score (nSPS) is 20.4. The molecule has 1 saturated heterocycles. The highest BCUT2D eigenvalue weighted by molar-refractivity contribution is 5.87. The van der Waals surface area contributed by atoms with Gasteiger partial charge in [0.05, 0.1) is 11.3 Å². The molecule has 4 heteroatoms. The van der Waals surface area contributed by atoms with Crippen LogP contribution in [0.2, 0.25) is 0 Å². The number of nitrogens with zero attached hydrogens (tertiary/aromatic N) is 2. The predicted molar refractivity (Wildman–Crippen MR) is 74.2 cm³/mol. The fourth-order valence-electron chi connectivity index (χ4n) is 2.78. The Morgan fingerprint density at radius 3 is 2.95 bits per heavy atom. The van der Waals surface area contributed by atoms with E-state index in [0.29, 0.717) is 6.04 Å². The maximum Gasteiger partial charge on any atom is 0.337 e. The third kappa shape index (κ3) is 3.77. The number of hydrogen-bond acceptors (Lipinski definition) is 3. The Hall–Kier alpha value is -1.42. The summed E-state index contributed by atoms with van der Waals surface area (Å²) in [5.41, 5.74) is 1.22. The molecular weight excluding hydrogens is 240 g/mol. The molecular formula is C15H22N2O2. The maximum absolute atomic E-state index is 10.8. The quantitative estimate of drug-likeness (QED) is 0.886. The number of likely N-dealkylation sites (tertiary alicyclic amines) is 1. The summed E-state index contributed by atoms with van der Waals surface area (Å²) in [6, 6.07) is 4.14. The molecule has 19 heavy (non-hydrogen) atoms. The Kier molecular flexibility index (Phi) is 4.91. The highest BCUT2D eigenvalue weighted by Gasteiger charge is 2.21. The van der Waals surface area contributed by atoms with Gasteiger partial charge in [-0.2, -0.15) is 0 Å². The van der Waals surface area contributed by atoms with E-state index in [9.17, 15) is 4.79 Å². The summed E-state index contributed by atoms with van der Waals surface area (Å²) in [6.07, 6.45) is 7.78. The summed E-state index contributed by atoms with van der Waals surface area (Å²) >= 11 is 0. The van der Waals surface area contributed by atoms with Crippen molar-refractivity contribution in [2.24, 2.45) is 0 Å². The lowest BCUT2D eigenvalue weighted by Gasteiger charge is -2.35. The standard InChI is InChI=1S/C15H22N2O2/c1-2-5-14-6-3-4-9-17(14)11-13-8-7-12(10-16-13)15(18)19/h7-8,10,14H,2-6,9,11H2,1H3,(H,18,19). The van der Waals surface area contributed by atoms with Gasteiger partial charge in [0.1, 0.15) is 0 Å². The van der Waals surface area contributed by atoms with E-state index in [2.05, 4.69) is 16.8 Å². The molecule has 1 atom stereocenters. The zero-order valence-corrected chi connectivity index (χ0v) is 11.5. The highest BCUT2D eigenvalue weighted by Crippen LogP contribution is 2.22. The second-order valence-corrected chi connectivity index (χ2v) is 5.25. The van der Waals surface area contributed by atoms with Crippen molar-refractivity contribution in [3.63, 3.8) is 0 Å². The van der Waals surface area contributed by atoms with Crippen LogP contribution in [-0.2, 0) is 6.54 Å². The van der Waals surface area contributed by atoms with Crippen LogP contribution in [0.3, 0.4) is 0 Å². The zero-order valence-electron chi connectivity index (χ0n) is 11.5. The van der Waals surface area contributed by atoms with Gasteiger partial charge in [0.15, 0.2) is 0 Å². The monoisotopic (exact) mass is 262 g/mol. The number of pyridine rings is 1. The first-order valence-electron chi connectivity index (χ1n) is 7.13. The predicted octanol–water partition coefficient (Wildman–Crippen LogP) is 2.93. The van der Waals surface area contributed by atoms with Crippen LogP contribution in [-0.4, -0.2) is 33.5 Å². The zero-order chi connectivity index (χ0) is 13.7. The van der Waals surface area contributed by atoms with Gasteiger partial charge < -0.3 is 5.11 Å². The second-order valence-electron chi connectivity index (χ2n) is 5.25. The fourth-order valence-corrected chi connectivity index (χ4v) is 2.78. The van der Waals surface area contributed by atoms with Crippen molar-refractivity contribution in [1.29, 1.82) is 0 Å². The third-order valence-corrected chi connectivity index (χ3v) is 3.81. The van der Waals surface area contributed by atoms with Crippen LogP contribution in [0.15, 0.2) is 18.3 Å². The van der Waals surface area contributed by atoms with Gasteiger partial charge in [-0.05, 0) is 37.9 Å². The van der Waals surface area contributed by atoms with Crippen molar-refractivity contribution in [1.82, 2.24) is 9.88 Å². The molecule has 0 bridgehead atoms. The Morgan fingerprint density at radius 1 is 1.47 bits per heavy atom. The van der Waals surface area contributed by atoms with Crippen LogP contribution in [0, 0.1) is 0 Å². The number of carbonyl (C=O) groups is 1. The molecule has 1 fully saturated rings. The number of rotatable bonds is 5. The maximum atomic E-state index is 10.8. The van der Waals surface area contributed by atoms with Gasteiger partial charge >= 0.3 is 5.97 Å². The average molecular weight is 262 g/mol. The van der Waals surface area contributed by atoms with Crippen molar-refractivity contribution in [2.75, 3.05) is 6.54 Å². The molecule has 2 heterocycles. The molecule has 0 saturated carbocycles. The van der Waals surface area contributed by atoms with Gasteiger partial charge in [-0.1, -0.05) is 19.8 Å². The van der Waals surface area contributed by atoms with Crippen molar-refractivity contribution >= 4 is 5.97 Å². The summed E-state index contributed by atoms with van der Waals surface area (Å²) in [4.78, 5) is 17.6. The average Bonchev–Trinajstić information content (AvgIpc) is 2.42. The Morgan fingerprint density at radius 2 is 2.32 bits per heavy atom. The molecule has 1 unspecified atom stereocenters. The fraction of sp³-hybridized carbons (Fsp3) is 0.600. The minimum absolute atomic E-state index is 0.257. The number of carboxylic acids is 1. The Bertz CT molecular complexity index is 415. The van der Waals surface area contributed by atoms with Crippen LogP contribution in [0.1, 0.15) is 55.1 Å². The molecule has 0 aromatic carbocycles. The van der Waals surface area contributed by atoms with E-state index in [1.165, 1.54) is 38.3 Å². The van der Waals surface area contributed by atoms with E-state index >= 15 is 0 Å². The van der Waals surface area contributed by atoms with Crippen molar-refractivity contribution in [3.8, 4) is 0 Å². The van der Waals surface area contributed by atoms with Gasteiger partial charge in [-0.25, -0.2) is 4.79 Å². The topological polar surface area (TPSA) is 53.4 Å². The Labute approximate surface area is 114 Å². The van der Waals surface area contributed by atoms with Gasteiger partial charge in [-0.15, -0.1) is 0 Å². The summed E-state index contributed by atoms with van der Waals surface area (Å²) in [7, 11) is 0. The first-order valence-corrected chi connectivity index (χ1v) is 7.13.